The summed E-state index contributed by atoms with van der Waals surface area (Å²) in [5.74, 6) is -0.946. The largest absolute Gasteiger partial charge is 0.477 e. The van der Waals surface area contributed by atoms with Crippen molar-refractivity contribution in [1.82, 2.24) is 9.38 Å². The molecule has 2 heterocycles. The number of halogens is 1. The van der Waals surface area contributed by atoms with E-state index in [1.807, 2.05) is 19.1 Å². The van der Waals surface area contributed by atoms with Gasteiger partial charge >= 0.3 is 5.97 Å². The molecule has 0 unspecified atom stereocenters. The van der Waals surface area contributed by atoms with Gasteiger partial charge in [0.1, 0.15) is 5.65 Å². The first-order chi connectivity index (χ1) is 6.59. The summed E-state index contributed by atoms with van der Waals surface area (Å²) >= 11 is 0. The monoisotopic (exact) mass is 226 g/mol. The Kier molecular flexibility index (Phi) is 3.00. The number of aromatic carboxylic acids is 1. The second-order valence-corrected chi connectivity index (χ2v) is 3.28. The average Bonchev–Trinajstić information content (AvgIpc) is 2.39. The molecule has 1 N–H and O–H groups in total. The van der Waals surface area contributed by atoms with Crippen LogP contribution in [0.25, 0.3) is 5.65 Å². The van der Waals surface area contributed by atoms with Crippen LogP contribution in [0.15, 0.2) is 18.3 Å². The molecule has 15 heavy (non-hydrogen) atoms. The van der Waals surface area contributed by atoms with E-state index in [2.05, 4.69) is 4.98 Å². The number of hydrogen-bond acceptors (Lipinski definition) is 2. The predicted molar refractivity (Wildman–Crippen MR) is 58.9 cm³/mol. The van der Waals surface area contributed by atoms with Crippen LogP contribution in [0.2, 0.25) is 0 Å². The Labute approximate surface area is 93.0 Å². The van der Waals surface area contributed by atoms with Crippen molar-refractivity contribution in [3.8, 4) is 0 Å². The molecule has 0 aliphatic carbocycles. The van der Waals surface area contributed by atoms with Crippen LogP contribution in [-0.2, 0) is 0 Å². The minimum atomic E-state index is -0.946. The first kappa shape index (κ1) is 11.5. The van der Waals surface area contributed by atoms with Crippen LogP contribution in [0.3, 0.4) is 0 Å². The number of carbonyl (C=O) groups is 1. The number of pyridine rings is 1. The second kappa shape index (κ2) is 3.90. The number of rotatable bonds is 1. The van der Waals surface area contributed by atoms with Crippen LogP contribution in [0.4, 0.5) is 0 Å². The van der Waals surface area contributed by atoms with E-state index in [4.69, 9.17) is 5.11 Å². The van der Waals surface area contributed by atoms with Gasteiger partial charge in [-0.25, -0.2) is 9.78 Å². The van der Waals surface area contributed by atoms with Crippen molar-refractivity contribution in [2.24, 2.45) is 0 Å². The lowest BCUT2D eigenvalue weighted by atomic mass is 10.3. The Hall–Kier alpha value is -1.55. The lowest BCUT2D eigenvalue weighted by Crippen LogP contribution is -2.03. The molecule has 0 aliphatic rings. The predicted octanol–water partition coefficient (Wildman–Crippen LogP) is 2.07. The lowest BCUT2D eigenvalue weighted by molar-refractivity contribution is 0.0688. The van der Waals surface area contributed by atoms with E-state index in [0.29, 0.717) is 11.3 Å². The highest BCUT2D eigenvalue weighted by molar-refractivity contribution is 5.88. The van der Waals surface area contributed by atoms with Crippen molar-refractivity contribution in [3.05, 3.63) is 35.3 Å². The summed E-state index contributed by atoms with van der Waals surface area (Å²) in [7, 11) is 0. The van der Waals surface area contributed by atoms with E-state index in [-0.39, 0.29) is 18.1 Å². The number of carboxylic acid groups (broad SMARTS) is 1. The summed E-state index contributed by atoms with van der Waals surface area (Å²) in [6, 6.07) is 3.72. The van der Waals surface area contributed by atoms with Gasteiger partial charge in [-0.1, -0.05) is 0 Å². The van der Waals surface area contributed by atoms with Crippen LogP contribution in [0.1, 0.15) is 21.7 Å². The first-order valence-electron chi connectivity index (χ1n) is 4.28. The second-order valence-electron chi connectivity index (χ2n) is 3.28. The number of hydrogen-bond donors (Lipinski definition) is 1. The summed E-state index contributed by atoms with van der Waals surface area (Å²) < 4.78 is 1.59. The third-order valence-corrected chi connectivity index (χ3v) is 2.16. The van der Waals surface area contributed by atoms with Crippen molar-refractivity contribution in [3.63, 3.8) is 0 Å². The molecule has 0 saturated heterocycles. The number of aryl methyl sites for hydroxylation is 2. The van der Waals surface area contributed by atoms with Gasteiger partial charge in [-0.15, -0.1) is 12.4 Å². The zero-order valence-electron chi connectivity index (χ0n) is 8.39. The Morgan fingerprint density at radius 3 is 2.73 bits per heavy atom. The Balaban J connectivity index is 0.00000112. The minimum Gasteiger partial charge on any atom is -0.477 e. The average molecular weight is 227 g/mol. The van der Waals surface area contributed by atoms with Gasteiger partial charge in [0.05, 0.1) is 5.69 Å². The quantitative estimate of drug-likeness (QED) is 0.810. The van der Waals surface area contributed by atoms with E-state index in [9.17, 15) is 4.79 Å². The molecule has 0 atom stereocenters. The molecule has 0 aliphatic heterocycles. The maximum atomic E-state index is 10.9. The van der Waals surface area contributed by atoms with Crippen LogP contribution >= 0.6 is 12.4 Å². The molecule has 0 saturated carbocycles. The summed E-state index contributed by atoms with van der Waals surface area (Å²) in [5, 5.41) is 8.96. The third-order valence-electron chi connectivity index (χ3n) is 2.16. The Morgan fingerprint density at radius 1 is 1.47 bits per heavy atom. The number of imidazole rings is 1. The summed E-state index contributed by atoms with van der Waals surface area (Å²) in [6.45, 7) is 3.65. The Morgan fingerprint density at radius 2 is 2.13 bits per heavy atom. The molecule has 2 rings (SSSR count). The maximum absolute atomic E-state index is 10.9. The number of nitrogens with zero attached hydrogens (tertiary/aromatic N) is 2. The summed E-state index contributed by atoms with van der Waals surface area (Å²) in [6.07, 6.45) is 1.73. The standard InChI is InChI=1S/C10H10N2O2.ClH/c1-6-3-4-12-8(5-6)11-7(2)9(12)10(13)14;/h3-5H,1-2H3,(H,13,14);1H. The highest BCUT2D eigenvalue weighted by Crippen LogP contribution is 2.13. The van der Waals surface area contributed by atoms with Gasteiger partial charge in [0, 0.05) is 6.20 Å². The van der Waals surface area contributed by atoms with Gasteiger partial charge in [-0.05, 0) is 31.5 Å². The molecule has 0 bridgehead atoms. The normalized spacial score (nSPS) is 10.0. The van der Waals surface area contributed by atoms with Gasteiger partial charge in [0.2, 0.25) is 0 Å². The molecule has 2 aromatic rings. The smallest absolute Gasteiger partial charge is 0.354 e. The van der Waals surface area contributed by atoms with Gasteiger partial charge < -0.3 is 5.11 Å². The molecule has 0 radical (unpaired) electrons. The van der Waals surface area contributed by atoms with E-state index in [1.54, 1.807) is 17.5 Å². The van der Waals surface area contributed by atoms with Crippen molar-refractivity contribution >= 4 is 24.0 Å². The fourth-order valence-corrected chi connectivity index (χ4v) is 1.52. The van der Waals surface area contributed by atoms with E-state index < -0.39 is 5.97 Å². The minimum absolute atomic E-state index is 0. The highest BCUT2D eigenvalue weighted by Gasteiger charge is 2.14. The Bertz CT molecular complexity index is 519. The van der Waals surface area contributed by atoms with E-state index >= 15 is 0 Å². The molecule has 0 amide bonds. The van der Waals surface area contributed by atoms with Crippen molar-refractivity contribution < 1.29 is 9.90 Å². The zero-order valence-corrected chi connectivity index (χ0v) is 9.21. The topological polar surface area (TPSA) is 54.6 Å². The lowest BCUT2D eigenvalue weighted by Gasteiger charge is -1.97. The fourth-order valence-electron chi connectivity index (χ4n) is 1.52. The summed E-state index contributed by atoms with van der Waals surface area (Å²) in [5.41, 5.74) is 2.53. The van der Waals surface area contributed by atoms with Crippen molar-refractivity contribution in [2.75, 3.05) is 0 Å². The molecule has 0 spiro atoms. The van der Waals surface area contributed by atoms with Gasteiger partial charge in [-0.3, -0.25) is 4.40 Å². The number of fused-ring (bicyclic) bond motifs is 1. The highest BCUT2D eigenvalue weighted by atomic mass is 35.5. The first-order valence-corrected chi connectivity index (χ1v) is 4.28. The molecule has 4 nitrogen and oxygen atoms in total. The molecular weight excluding hydrogens is 216 g/mol. The van der Waals surface area contributed by atoms with Gasteiger partial charge in [0.15, 0.2) is 5.69 Å². The van der Waals surface area contributed by atoms with Crippen LogP contribution in [-0.4, -0.2) is 20.5 Å². The van der Waals surface area contributed by atoms with Crippen LogP contribution in [0.5, 0.6) is 0 Å². The van der Waals surface area contributed by atoms with E-state index in [1.165, 1.54) is 0 Å². The molecule has 0 aromatic carbocycles. The SMILES string of the molecule is Cc1ccn2c(C(=O)O)c(C)nc2c1.Cl. The van der Waals surface area contributed by atoms with Gasteiger partial charge in [-0.2, -0.15) is 0 Å². The third kappa shape index (κ3) is 1.80. The fraction of sp³-hybridized carbons (Fsp3) is 0.200. The van der Waals surface area contributed by atoms with Crippen molar-refractivity contribution in [1.29, 1.82) is 0 Å². The zero-order chi connectivity index (χ0) is 10.3. The van der Waals surface area contributed by atoms with Crippen LogP contribution < -0.4 is 0 Å². The van der Waals surface area contributed by atoms with Crippen molar-refractivity contribution in [2.45, 2.75) is 13.8 Å². The number of carboxylic acids is 1. The van der Waals surface area contributed by atoms with E-state index in [0.717, 1.165) is 5.56 Å². The van der Waals surface area contributed by atoms with Gasteiger partial charge in [0.25, 0.3) is 0 Å². The molecular formula is C10H11ClN2O2. The molecule has 5 heteroatoms. The molecule has 2 aromatic heterocycles. The molecule has 0 fully saturated rings. The maximum Gasteiger partial charge on any atom is 0.354 e. The number of aromatic nitrogens is 2. The summed E-state index contributed by atoms with van der Waals surface area (Å²) in [4.78, 5) is 15.1. The van der Waals surface area contributed by atoms with Crippen LogP contribution in [0, 0.1) is 13.8 Å². The molecule has 80 valence electrons.